The van der Waals surface area contributed by atoms with Crippen molar-refractivity contribution in [2.24, 2.45) is 0 Å². The molecule has 29 atom stereocenters. The van der Waals surface area contributed by atoms with Crippen LogP contribution < -0.4 is 5.32 Å². The normalized spacial score (nSPS) is 54.1. The third-order valence-electron chi connectivity index (χ3n) is 12.6. The van der Waals surface area contributed by atoms with Crippen LogP contribution in [0.25, 0.3) is 0 Å². The average Bonchev–Trinajstić information content (AvgIpc) is 3.27. The molecule has 64 heavy (non-hydrogen) atoms. The van der Waals surface area contributed by atoms with E-state index in [1.165, 1.54) is 26.8 Å². The summed E-state index contributed by atoms with van der Waals surface area (Å²) in [5.41, 5.74) is -0.101. The van der Waals surface area contributed by atoms with Gasteiger partial charge in [0, 0.05) is 0 Å². The molecule has 0 aromatic rings. The maximum absolute atomic E-state index is 11.3. The van der Waals surface area contributed by atoms with Crippen LogP contribution in [0.2, 0.25) is 0 Å². The second-order valence-electron chi connectivity index (χ2n) is 17.0. The zero-order valence-electron chi connectivity index (χ0n) is 34.7. The molecular formula is C37H63NO26. The Labute approximate surface area is 364 Å². The summed E-state index contributed by atoms with van der Waals surface area (Å²) in [5, 5.41) is 183. The lowest BCUT2D eigenvalue weighted by molar-refractivity contribution is -0.372. The van der Waals surface area contributed by atoms with Crippen LogP contribution in [-0.2, 0) is 42.6 Å². The Morgan fingerprint density at radius 2 is 0.891 bits per heavy atom. The lowest BCUT2D eigenvalue weighted by Gasteiger charge is -2.49. The molecule has 372 valence electrons. The van der Waals surface area contributed by atoms with Crippen LogP contribution in [0.4, 0.5) is 0 Å². The number of aliphatic hydroxyl groups excluding tert-OH is 17. The monoisotopic (exact) mass is 937 g/mol. The first-order valence-electron chi connectivity index (χ1n) is 20.9. The molecule has 0 saturated carbocycles. The van der Waals surface area contributed by atoms with Crippen molar-refractivity contribution in [3.05, 3.63) is 11.6 Å². The van der Waals surface area contributed by atoms with Gasteiger partial charge in [-0.15, -0.1) is 0 Å². The van der Waals surface area contributed by atoms with E-state index in [0.29, 0.717) is 0 Å². The summed E-state index contributed by atoms with van der Waals surface area (Å²) in [4.78, 5) is 0. The van der Waals surface area contributed by atoms with Crippen molar-refractivity contribution in [3.63, 3.8) is 0 Å². The first kappa shape index (κ1) is 52.0. The fraction of sp³-hybridized carbons (Fsp3) is 0.946. The number of aliphatic hydroxyl groups is 17. The van der Waals surface area contributed by atoms with E-state index < -0.39 is 198 Å². The molecule has 0 spiro atoms. The molecule has 18 N–H and O–H groups in total. The van der Waals surface area contributed by atoms with Crippen molar-refractivity contribution in [2.75, 3.05) is 19.8 Å². The maximum Gasteiger partial charge on any atom is 0.187 e. The molecule has 0 bridgehead atoms. The lowest BCUT2D eigenvalue weighted by atomic mass is 9.86. The third-order valence-corrected chi connectivity index (χ3v) is 12.6. The van der Waals surface area contributed by atoms with Gasteiger partial charge in [0.25, 0.3) is 0 Å². The van der Waals surface area contributed by atoms with Gasteiger partial charge in [-0.1, -0.05) is 6.08 Å². The summed E-state index contributed by atoms with van der Waals surface area (Å²) < 4.78 is 50.3. The number of rotatable bonds is 13. The summed E-state index contributed by atoms with van der Waals surface area (Å²) >= 11 is 0. The summed E-state index contributed by atoms with van der Waals surface area (Å²) in [6.45, 7) is 1.66. The van der Waals surface area contributed by atoms with Crippen molar-refractivity contribution in [2.45, 2.75) is 199 Å². The molecule has 5 fully saturated rings. The van der Waals surface area contributed by atoms with E-state index in [1.807, 2.05) is 0 Å². The second kappa shape index (κ2) is 21.5. The highest BCUT2D eigenvalue weighted by Gasteiger charge is 2.55. The predicted molar refractivity (Wildman–Crippen MR) is 200 cm³/mol. The molecule has 0 aromatic carbocycles. The molecule has 5 saturated heterocycles. The quantitative estimate of drug-likeness (QED) is 0.0762. The summed E-state index contributed by atoms with van der Waals surface area (Å²) in [6, 6.07) is -2.55. The van der Waals surface area contributed by atoms with E-state index in [-0.39, 0.29) is 5.57 Å². The van der Waals surface area contributed by atoms with Crippen LogP contribution in [0.3, 0.4) is 0 Å². The molecule has 0 amide bonds. The van der Waals surface area contributed by atoms with E-state index in [1.54, 1.807) is 0 Å². The Balaban J connectivity index is 1.07. The molecule has 0 aromatic heterocycles. The van der Waals surface area contributed by atoms with E-state index >= 15 is 0 Å². The van der Waals surface area contributed by atoms with Gasteiger partial charge in [0.1, 0.15) is 116 Å². The Morgan fingerprint density at radius 1 is 0.438 bits per heavy atom. The highest BCUT2D eigenvalue weighted by Crippen LogP contribution is 2.35. The first-order valence-corrected chi connectivity index (χ1v) is 20.9. The molecule has 27 heteroatoms. The van der Waals surface area contributed by atoms with Gasteiger partial charge in [-0.3, -0.25) is 0 Å². The molecule has 5 aliphatic heterocycles. The van der Waals surface area contributed by atoms with Gasteiger partial charge in [0.15, 0.2) is 31.5 Å². The molecule has 0 radical (unpaired) electrons. The lowest BCUT2D eigenvalue weighted by Crippen LogP contribution is -2.68. The van der Waals surface area contributed by atoms with Crippen molar-refractivity contribution in [1.29, 1.82) is 0 Å². The van der Waals surface area contributed by atoms with Gasteiger partial charge in [-0.25, -0.2) is 0 Å². The highest BCUT2D eigenvalue weighted by molar-refractivity contribution is 5.23. The van der Waals surface area contributed by atoms with Crippen LogP contribution in [0.5, 0.6) is 0 Å². The Morgan fingerprint density at radius 3 is 1.42 bits per heavy atom. The van der Waals surface area contributed by atoms with Crippen LogP contribution in [0.1, 0.15) is 20.8 Å². The maximum atomic E-state index is 11.3. The zero-order chi connectivity index (χ0) is 47.2. The predicted octanol–water partition coefficient (Wildman–Crippen LogP) is -10.9. The topological polar surface area (TPSA) is 439 Å². The molecular weight excluding hydrogens is 874 g/mol. The molecule has 1 aliphatic carbocycles. The Hall–Kier alpha value is -1.34. The van der Waals surface area contributed by atoms with Crippen molar-refractivity contribution >= 4 is 0 Å². The largest absolute Gasteiger partial charge is 0.394 e. The minimum absolute atomic E-state index is 0.101. The minimum atomic E-state index is -1.99. The van der Waals surface area contributed by atoms with Gasteiger partial charge in [0.05, 0.1) is 50.2 Å². The Bertz CT molecular complexity index is 1520. The summed E-state index contributed by atoms with van der Waals surface area (Å²) in [7, 11) is 0. The van der Waals surface area contributed by atoms with Gasteiger partial charge >= 0.3 is 0 Å². The van der Waals surface area contributed by atoms with E-state index in [2.05, 4.69) is 5.32 Å². The summed E-state index contributed by atoms with van der Waals surface area (Å²) in [5.74, 6) is 0. The van der Waals surface area contributed by atoms with E-state index in [0.717, 1.165) is 0 Å². The molecule has 29 unspecified atom stereocenters. The van der Waals surface area contributed by atoms with Gasteiger partial charge in [-0.2, -0.15) is 0 Å². The van der Waals surface area contributed by atoms with Gasteiger partial charge in [0.2, 0.25) is 0 Å². The molecule has 5 heterocycles. The third kappa shape index (κ3) is 10.3. The number of nitrogens with one attached hydrogen (secondary N) is 1. The smallest absolute Gasteiger partial charge is 0.187 e. The van der Waals surface area contributed by atoms with Crippen molar-refractivity contribution in [3.8, 4) is 0 Å². The SMILES string of the molecule is CC1OC(OC2C(CO)OC(OC3C(CO)=CC(NC4C(C)OC(OC5C(CO)OC(OC6C(C)OC(O)C(O)C6O)C(O)C5O)C(O)C4O)C(O)C3O)C(O)C2O)C(O)C(O)C1O. The fourth-order valence-corrected chi connectivity index (χ4v) is 8.70. The average molecular weight is 938 g/mol. The van der Waals surface area contributed by atoms with Crippen LogP contribution in [0, 0.1) is 0 Å². The first-order chi connectivity index (χ1) is 30.1. The highest BCUT2D eigenvalue weighted by atomic mass is 16.8. The van der Waals surface area contributed by atoms with Crippen LogP contribution >= 0.6 is 0 Å². The Kier molecular flexibility index (Phi) is 17.5. The molecule has 6 aliphatic rings. The van der Waals surface area contributed by atoms with E-state index in [4.69, 9.17) is 42.6 Å². The van der Waals surface area contributed by atoms with E-state index in [9.17, 15) is 86.8 Å². The summed E-state index contributed by atoms with van der Waals surface area (Å²) in [6.07, 6.45) is -43.5. The standard InChI is InChI=1S/C37H63NO26/c1-8-15(18(44)25(51)34(57-8)63-31-13(6-40)59-36(27(53)22(31)48)61-29-10(3)56-33(55)24(50)21(29)47)38-12-4-11(5-39)30(20(46)17(12)43)62-37-28(54)23(49)32(14(7-41)60-37)64-35-26(52)19(45)16(42)9(2)58-35/h4,8-10,12-55H,5-7H2,1-3H3. The van der Waals surface area contributed by atoms with Crippen molar-refractivity contribution < 1.29 is 129 Å². The zero-order valence-corrected chi connectivity index (χ0v) is 34.7. The van der Waals surface area contributed by atoms with Crippen LogP contribution in [0.15, 0.2) is 11.6 Å². The second-order valence-corrected chi connectivity index (χ2v) is 17.0. The van der Waals surface area contributed by atoms with Crippen molar-refractivity contribution in [1.82, 2.24) is 5.32 Å². The van der Waals surface area contributed by atoms with Crippen LogP contribution in [-0.4, -0.2) is 284 Å². The molecule has 6 rings (SSSR count). The molecule has 27 nitrogen and oxygen atoms in total. The van der Waals surface area contributed by atoms with Gasteiger partial charge in [-0.05, 0) is 26.3 Å². The van der Waals surface area contributed by atoms with Gasteiger partial charge < -0.3 is 135 Å². The number of ether oxygens (including phenoxy) is 9. The minimum Gasteiger partial charge on any atom is -0.394 e. The number of hydrogen-bond acceptors (Lipinski definition) is 27. The number of hydrogen-bond donors (Lipinski definition) is 18. The fourth-order valence-electron chi connectivity index (χ4n) is 8.70.